The van der Waals surface area contributed by atoms with Gasteiger partial charge in [0.1, 0.15) is 5.60 Å². The lowest BCUT2D eigenvalue weighted by atomic mass is 10.1. The predicted octanol–water partition coefficient (Wildman–Crippen LogP) is 0.324. The molecule has 0 rings (SSSR count). The SMILES string of the molecule is CC(=O)OCC#CC(C)(C)O. The molecule has 0 amide bonds. The molecule has 3 nitrogen and oxygen atoms in total. The van der Waals surface area contributed by atoms with E-state index in [2.05, 4.69) is 16.6 Å². The molecule has 0 fully saturated rings. The summed E-state index contributed by atoms with van der Waals surface area (Å²) < 4.78 is 4.51. The highest BCUT2D eigenvalue weighted by Gasteiger charge is 2.05. The van der Waals surface area contributed by atoms with Crippen molar-refractivity contribution in [3.8, 4) is 11.8 Å². The van der Waals surface area contributed by atoms with Crippen LogP contribution in [0.1, 0.15) is 20.8 Å². The lowest BCUT2D eigenvalue weighted by Crippen LogP contribution is -2.15. The molecule has 0 bridgehead atoms. The van der Waals surface area contributed by atoms with Crippen molar-refractivity contribution in [1.29, 1.82) is 0 Å². The minimum Gasteiger partial charge on any atom is -0.453 e. The fourth-order valence-electron chi connectivity index (χ4n) is 0.390. The minimum absolute atomic E-state index is 0.0410. The van der Waals surface area contributed by atoms with E-state index in [0.29, 0.717) is 0 Å². The van der Waals surface area contributed by atoms with E-state index in [0.717, 1.165) is 0 Å². The van der Waals surface area contributed by atoms with Crippen LogP contribution in [0.25, 0.3) is 0 Å². The second kappa shape index (κ2) is 3.99. The highest BCUT2D eigenvalue weighted by Crippen LogP contribution is 1.95. The van der Waals surface area contributed by atoms with E-state index >= 15 is 0 Å². The first-order valence-corrected chi connectivity index (χ1v) is 3.27. The van der Waals surface area contributed by atoms with Gasteiger partial charge in [-0.2, -0.15) is 0 Å². The highest BCUT2D eigenvalue weighted by molar-refractivity contribution is 5.66. The average molecular weight is 156 g/mol. The van der Waals surface area contributed by atoms with E-state index in [9.17, 15) is 4.79 Å². The molecule has 0 spiro atoms. The Labute approximate surface area is 66.4 Å². The zero-order chi connectivity index (χ0) is 8.91. The maximum absolute atomic E-state index is 10.2. The lowest BCUT2D eigenvalue weighted by Gasteiger charge is -2.05. The summed E-state index contributed by atoms with van der Waals surface area (Å²) in [6, 6.07) is 0. The Balaban J connectivity index is 3.66. The Hall–Kier alpha value is -1.01. The molecule has 0 aromatic heterocycles. The van der Waals surface area contributed by atoms with E-state index in [4.69, 9.17) is 5.11 Å². The Kier molecular flexibility index (Phi) is 3.63. The molecule has 0 aromatic rings. The van der Waals surface area contributed by atoms with Gasteiger partial charge in [0.25, 0.3) is 0 Å². The maximum Gasteiger partial charge on any atom is 0.303 e. The number of carbonyl (C=O) groups excluding carboxylic acids is 1. The monoisotopic (exact) mass is 156 g/mol. The molecule has 11 heavy (non-hydrogen) atoms. The summed E-state index contributed by atoms with van der Waals surface area (Å²) >= 11 is 0. The van der Waals surface area contributed by atoms with Gasteiger partial charge < -0.3 is 9.84 Å². The highest BCUT2D eigenvalue weighted by atomic mass is 16.5. The predicted molar refractivity (Wildman–Crippen MR) is 40.7 cm³/mol. The van der Waals surface area contributed by atoms with Crippen LogP contribution >= 0.6 is 0 Å². The fraction of sp³-hybridized carbons (Fsp3) is 0.625. The van der Waals surface area contributed by atoms with Crippen LogP contribution in [0.3, 0.4) is 0 Å². The van der Waals surface area contributed by atoms with Gasteiger partial charge in [0.05, 0.1) is 0 Å². The van der Waals surface area contributed by atoms with Crippen molar-refractivity contribution in [2.45, 2.75) is 26.4 Å². The molecule has 1 N–H and O–H groups in total. The molecular weight excluding hydrogens is 144 g/mol. The first-order valence-electron chi connectivity index (χ1n) is 3.27. The van der Waals surface area contributed by atoms with E-state index in [1.807, 2.05) is 0 Å². The van der Waals surface area contributed by atoms with Crippen molar-refractivity contribution in [2.24, 2.45) is 0 Å². The van der Waals surface area contributed by atoms with Crippen LogP contribution in [0.4, 0.5) is 0 Å². The van der Waals surface area contributed by atoms with Crippen LogP contribution in [0.5, 0.6) is 0 Å². The van der Waals surface area contributed by atoms with Crippen LogP contribution in [-0.4, -0.2) is 23.3 Å². The molecular formula is C8H12O3. The summed E-state index contributed by atoms with van der Waals surface area (Å²) in [5, 5.41) is 9.07. The number of hydrogen-bond donors (Lipinski definition) is 1. The van der Waals surface area contributed by atoms with Crippen LogP contribution in [0.15, 0.2) is 0 Å². The third kappa shape index (κ3) is 8.99. The molecule has 0 aliphatic carbocycles. The van der Waals surface area contributed by atoms with Crippen molar-refractivity contribution in [1.82, 2.24) is 0 Å². The number of rotatable bonds is 1. The molecule has 0 aliphatic heterocycles. The molecule has 0 unspecified atom stereocenters. The number of ether oxygens (including phenoxy) is 1. The molecule has 0 heterocycles. The normalized spacial score (nSPS) is 9.82. The number of carbonyl (C=O) groups is 1. The zero-order valence-electron chi connectivity index (χ0n) is 6.97. The molecule has 3 heteroatoms. The number of hydrogen-bond acceptors (Lipinski definition) is 3. The Morgan fingerprint density at radius 1 is 1.64 bits per heavy atom. The standard InChI is InChI=1S/C8H12O3/c1-7(9)11-6-4-5-8(2,3)10/h10H,6H2,1-3H3. The van der Waals surface area contributed by atoms with Crippen LogP contribution < -0.4 is 0 Å². The summed E-state index contributed by atoms with van der Waals surface area (Å²) in [4.78, 5) is 10.2. The van der Waals surface area contributed by atoms with E-state index in [1.165, 1.54) is 6.92 Å². The van der Waals surface area contributed by atoms with Gasteiger partial charge in [-0.05, 0) is 13.8 Å². The zero-order valence-corrected chi connectivity index (χ0v) is 6.97. The van der Waals surface area contributed by atoms with Crippen LogP contribution in [0, 0.1) is 11.8 Å². The molecule has 0 aromatic carbocycles. The lowest BCUT2D eigenvalue weighted by molar-refractivity contribution is -0.139. The van der Waals surface area contributed by atoms with Gasteiger partial charge in [0.2, 0.25) is 0 Å². The largest absolute Gasteiger partial charge is 0.453 e. The Bertz CT molecular complexity index is 190. The van der Waals surface area contributed by atoms with Crippen molar-refractivity contribution < 1.29 is 14.6 Å². The molecule has 0 saturated carbocycles. The third-order valence-electron chi connectivity index (χ3n) is 0.742. The molecule has 0 radical (unpaired) electrons. The van der Waals surface area contributed by atoms with Gasteiger partial charge in [0.15, 0.2) is 6.61 Å². The van der Waals surface area contributed by atoms with Gasteiger partial charge in [-0.3, -0.25) is 4.79 Å². The van der Waals surface area contributed by atoms with Crippen LogP contribution in [0.2, 0.25) is 0 Å². The van der Waals surface area contributed by atoms with Crippen molar-refractivity contribution in [2.75, 3.05) is 6.61 Å². The summed E-state index contributed by atoms with van der Waals surface area (Å²) in [5.41, 5.74) is -1.01. The summed E-state index contributed by atoms with van der Waals surface area (Å²) in [7, 11) is 0. The fourth-order valence-corrected chi connectivity index (χ4v) is 0.390. The van der Waals surface area contributed by atoms with Gasteiger partial charge >= 0.3 is 5.97 Å². The molecule has 0 atom stereocenters. The molecule has 0 aliphatic rings. The smallest absolute Gasteiger partial charge is 0.303 e. The van der Waals surface area contributed by atoms with Crippen molar-refractivity contribution >= 4 is 5.97 Å². The van der Waals surface area contributed by atoms with Crippen molar-refractivity contribution in [3.05, 3.63) is 0 Å². The van der Waals surface area contributed by atoms with Gasteiger partial charge in [0, 0.05) is 6.92 Å². The first kappa shape index (κ1) is 9.99. The van der Waals surface area contributed by atoms with Gasteiger partial charge in [-0.15, -0.1) is 0 Å². The molecule has 0 saturated heterocycles. The van der Waals surface area contributed by atoms with E-state index in [-0.39, 0.29) is 12.6 Å². The number of esters is 1. The summed E-state index contributed by atoms with van der Waals surface area (Å²) in [5.74, 6) is 4.65. The Morgan fingerprint density at radius 2 is 2.18 bits per heavy atom. The topological polar surface area (TPSA) is 46.5 Å². The third-order valence-corrected chi connectivity index (χ3v) is 0.742. The summed E-state index contributed by atoms with van der Waals surface area (Å²) in [6.45, 7) is 4.48. The van der Waals surface area contributed by atoms with Crippen LogP contribution in [-0.2, 0) is 9.53 Å². The maximum atomic E-state index is 10.2. The second-order valence-electron chi connectivity index (χ2n) is 2.64. The second-order valence-corrected chi connectivity index (χ2v) is 2.64. The van der Waals surface area contributed by atoms with Crippen molar-refractivity contribution in [3.63, 3.8) is 0 Å². The minimum atomic E-state index is -1.01. The van der Waals surface area contributed by atoms with E-state index in [1.54, 1.807) is 13.8 Å². The Morgan fingerprint density at radius 3 is 2.55 bits per heavy atom. The van der Waals surface area contributed by atoms with Gasteiger partial charge in [-0.1, -0.05) is 11.8 Å². The summed E-state index contributed by atoms with van der Waals surface area (Å²) in [6.07, 6.45) is 0. The van der Waals surface area contributed by atoms with Gasteiger partial charge in [-0.25, -0.2) is 0 Å². The number of aliphatic hydroxyl groups is 1. The molecule has 62 valence electrons. The average Bonchev–Trinajstić information content (AvgIpc) is 1.78. The quantitative estimate of drug-likeness (QED) is 0.439. The first-order chi connectivity index (χ1) is 4.92. The van der Waals surface area contributed by atoms with E-state index < -0.39 is 5.60 Å².